The minimum absolute atomic E-state index is 0.412. The van der Waals surface area contributed by atoms with Crippen molar-refractivity contribution < 1.29 is 0 Å². The first kappa shape index (κ1) is 14.5. The molecule has 0 saturated carbocycles. The van der Waals surface area contributed by atoms with Crippen molar-refractivity contribution in [3.05, 3.63) is 6.33 Å². The van der Waals surface area contributed by atoms with Crippen LogP contribution in [0.25, 0.3) is 11.2 Å². The number of nitrogens with zero attached hydrogens (tertiary/aromatic N) is 4. The molecule has 0 saturated heterocycles. The molecule has 1 unspecified atom stereocenters. The van der Waals surface area contributed by atoms with E-state index in [0.29, 0.717) is 17.6 Å². The Morgan fingerprint density at radius 3 is 2.80 bits per heavy atom. The average Bonchev–Trinajstić information content (AvgIpc) is 2.90. The number of H-pyrrole nitrogens is 1. The van der Waals surface area contributed by atoms with Crippen molar-refractivity contribution in [3.8, 4) is 0 Å². The topological polar surface area (TPSA) is 81.8 Å². The van der Waals surface area contributed by atoms with Crippen LogP contribution in [0, 0.1) is 0 Å². The summed E-state index contributed by atoms with van der Waals surface area (Å²) in [5.41, 5.74) is 1.52. The van der Waals surface area contributed by atoms with Gasteiger partial charge < -0.3 is 20.5 Å². The van der Waals surface area contributed by atoms with Gasteiger partial charge in [0.15, 0.2) is 11.5 Å². The summed E-state index contributed by atoms with van der Waals surface area (Å²) in [6.45, 7) is 5.93. The lowest BCUT2D eigenvalue weighted by Crippen LogP contribution is -2.31. The van der Waals surface area contributed by atoms with E-state index in [-0.39, 0.29) is 0 Å². The van der Waals surface area contributed by atoms with E-state index < -0.39 is 0 Å². The molecular weight excluding hydrogens is 254 g/mol. The first-order valence-corrected chi connectivity index (χ1v) is 6.97. The number of rotatable bonds is 7. The average molecular weight is 277 g/mol. The molecule has 20 heavy (non-hydrogen) atoms. The third-order valence-electron chi connectivity index (χ3n) is 3.27. The fourth-order valence-electron chi connectivity index (χ4n) is 1.70. The number of likely N-dealkylation sites (N-methyl/N-ethyl adjacent to an activating group) is 1. The number of hydrogen-bond donors (Lipinski definition) is 3. The van der Waals surface area contributed by atoms with Crippen LogP contribution in [0.1, 0.15) is 20.3 Å². The van der Waals surface area contributed by atoms with Crippen LogP contribution in [0.15, 0.2) is 6.33 Å². The molecule has 110 valence electrons. The molecule has 2 heterocycles. The van der Waals surface area contributed by atoms with Gasteiger partial charge in [-0.2, -0.15) is 9.97 Å². The highest BCUT2D eigenvalue weighted by Gasteiger charge is 2.11. The summed E-state index contributed by atoms with van der Waals surface area (Å²) < 4.78 is 0. The van der Waals surface area contributed by atoms with Gasteiger partial charge >= 0.3 is 0 Å². The Balaban J connectivity index is 2.19. The second-order valence-corrected chi connectivity index (χ2v) is 5.12. The first-order chi connectivity index (χ1) is 9.61. The van der Waals surface area contributed by atoms with Crippen LogP contribution in [-0.4, -0.2) is 58.1 Å². The molecule has 2 aromatic heterocycles. The lowest BCUT2D eigenvalue weighted by Gasteiger charge is -2.20. The molecule has 0 bridgehead atoms. The van der Waals surface area contributed by atoms with Crippen LogP contribution in [0.4, 0.5) is 11.8 Å². The van der Waals surface area contributed by atoms with Gasteiger partial charge in [0.25, 0.3) is 0 Å². The minimum Gasteiger partial charge on any atom is -0.367 e. The smallest absolute Gasteiger partial charge is 0.226 e. The van der Waals surface area contributed by atoms with Crippen LogP contribution >= 0.6 is 0 Å². The molecular formula is C13H23N7. The summed E-state index contributed by atoms with van der Waals surface area (Å²) in [4.78, 5) is 18.4. The van der Waals surface area contributed by atoms with Crippen LogP contribution in [0.5, 0.6) is 0 Å². The predicted molar refractivity (Wildman–Crippen MR) is 82.1 cm³/mol. The van der Waals surface area contributed by atoms with Gasteiger partial charge in [0.1, 0.15) is 5.52 Å². The van der Waals surface area contributed by atoms with Crippen molar-refractivity contribution in [2.75, 3.05) is 37.8 Å². The molecule has 0 spiro atoms. The fourth-order valence-corrected chi connectivity index (χ4v) is 1.70. The lowest BCUT2D eigenvalue weighted by atomic mass is 10.3. The summed E-state index contributed by atoms with van der Waals surface area (Å²) in [6.07, 6.45) is 2.67. The number of aromatic amines is 1. The monoisotopic (exact) mass is 277 g/mol. The third-order valence-corrected chi connectivity index (χ3v) is 3.27. The van der Waals surface area contributed by atoms with Gasteiger partial charge in [0, 0.05) is 19.1 Å². The highest BCUT2D eigenvalue weighted by atomic mass is 15.2. The zero-order valence-corrected chi connectivity index (χ0v) is 12.6. The third kappa shape index (κ3) is 3.36. The molecule has 2 aromatic rings. The van der Waals surface area contributed by atoms with Crippen LogP contribution in [0.3, 0.4) is 0 Å². The van der Waals surface area contributed by atoms with Gasteiger partial charge in [0.2, 0.25) is 5.95 Å². The van der Waals surface area contributed by atoms with Gasteiger partial charge in [-0.25, -0.2) is 4.98 Å². The van der Waals surface area contributed by atoms with Gasteiger partial charge in [-0.05, 0) is 27.4 Å². The lowest BCUT2D eigenvalue weighted by molar-refractivity contribution is 0.326. The standard InChI is InChI=1S/C13H23N7/c1-5-6-14-13-18-11(15-7-9(2)20(3)4)10-12(19-13)17-8-16-10/h8-9H,5-7H2,1-4H3,(H3,14,15,16,17,18,19). The molecule has 1 atom stereocenters. The Bertz CT molecular complexity index is 549. The van der Waals surface area contributed by atoms with Gasteiger partial charge in [-0.15, -0.1) is 0 Å². The second-order valence-electron chi connectivity index (χ2n) is 5.12. The Labute approximate surface area is 119 Å². The Hall–Kier alpha value is -1.89. The molecule has 0 aliphatic carbocycles. The Morgan fingerprint density at radius 1 is 1.30 bits per heavy atom. The van der Waals surface area contributed by atoms with E-state index in [1.807, 2.05) is 0 Å². The Morgan fingerprint density at radius 2 is 2.10 bits per heavy atom. The summed E-state index contributed by atoms with van der Waals surface area (Å²) in [6, 6.07) is 0.412. The highest BCUT2D eigenvalue weighted by molar-refractivity contribution is 5.83. The van der Waals surface area contributed by atoms with Gasteiger partial charge in [-0.3, -0.25) is 0 Å². The predicted octanol–water partition coefficient (Wildman–Crippen LogP) is 1.54. The zero-order chi connectivity index (χ0) is 14.5. The molecule has 0 aromatic carbocycles. The molecule has 7 nitrogen and oxygen atoms in total. The van der Waals surface area contributed by atoms with E-state index in [0.717, 1.165) is 30.8 Å². The largest absolute Gasteiger partial charge is 0.367 e. The SMILES string of the molecule is CCCNc1nc(NCC(C)N(C)C)c2[nH]cnc2n1. The minimum atomic E-state index is 0.412. The molecule has 2 rings (SSSR count). The maximum atomic E-state index is 4.52. The molecule has 0 fully saturated rings. The number of fused-ring (bicyclic) bond motifs is 1. The molecule has 3 N–H and O–H groups in total. The molecule has 0 amide bonds. The summed E-state index contributed by atoms with van der Waals surface area (Å²) in [7, 11) is 4.12. The van der Waals surface area contributed by atoms with Crippen LogP contribution < -0.4 is 10.6 Å². The second kappa shape index (κ2) is 6.51. The molecule has 0 aliphatic rings. The maximum absolute atomic E-state index is 4.52. The van der Waals surface area contributed by atoms with Crippen LogP contribution in [0.2, 0.25) is 0 Å². The maximum Gasteiger partial charge on any atom is 0.226 e. The number of anilines is 2. The van der Waals surface area contributed by atoms with Crippen LogP contribution in [-0.2, 0) is 0 Å². The van der Waals surface area contributed by atoms with Crippen molar-refractivity contribution >= 4 is 22.9 Å². The molecule has 0 aliphatic heterocycles. The first-order valence-electron chi connectivity index (χ1n) is 6.97. The van der Waals surface area contributed by atoms with Crippen molar-refractivity contribution in [1.82, 2.24) is 24.8 Å². The van der Waals surface area contributed by atoms with E-state index in [4.69, 9.17) is 0 Å². The van der Waals surface area contributed by atoms with E-state index in [1.54, 1.807) is 6.33 Å². The summed E-state index contributed by atoms with van der Waals surface area (Å²) in [5.74, 6) is 1.41. The zero-order valence-electron chi connectivity index (χ0n) is 12.6. The highest BCUT2D eigenvalue weighted by Crippen LogP contribution is 2.18. The van der Waals surface area contributed by atoms with Crippen molar-refractivity contribution in [1.29, 1.82) is 0 Å². The van der Waals surface area contributed by atoms with Gasteiger partial charge in [-0.1, -0.05) is 6.92 Å². The normalized spacial score (nSPS) is 12.8. The fraction of sp³-hybridized carbons (Fsp3) is 0.615. The van der Waals surface area contributed by atoms with E-state index in [2.05, 4.69) is 63.4 Å². The number of hydrogen-bond acceptors (Lipinski definition) is 6. The molecule has 7 heteroatoms. The molecule has 0 radical (unpaired) electrons. The Kier molecular flexibility index (Phi) is 4.73. The van der Waals surface area contributed by atoms with Gasteiger partial charge in [0.05, 0.1) is 6.33 Å². The summed E-state index contributed by atoms with van der Waals surface area (Å²) >= 11 is 0. The quantitative estimate of drug-likeness (QED) is 0.712. The van der Waals surface area contributed by atoms with Crippen molar-refractivity contribution in [2.24, 2.45) is 0 Å². The number of imidazole rings is 1. The van der Waals surface area contributed by atoms with Crippen molar-refractivity contribution in [2.45, 2.75) is 26.3 Å². The summed E-state index contributed by atoms with van der Waals surface area (Å²) in [5, 5.41) is 6.57. The van der Waals surface area contributed by atoms with Crippen molar-refractivity contribution in [3.63, 3.8) is 0 Å². The van der Waals surface area contributed by atoms with E-state index in [9.17, 15) is 0 Å². The number of aromatic nitrogens is 4. The van der Waals surface area contributed by atoms with E-state index >= 15 is 0 Å². The number of nitrogens with one attached hydrogen (secondary N) is 3. The van der Waals surface area contributed by atoms with E-state index in [1.165, 1.54) is 0 Å².